The van der Waals surface area contributed by atoms with Gasteiger partial charge in [-0.2, -0.15) is 0 Å². The molecule has 11 nitrogen and oxygen atoms in total. The van der Waals surface area contributed by atoms with Crippen LogP contribution in [0.3, 0.4) is 0 Å². The van der Waals surface area contributed by atoms with Gasteiger partial charge in [-0.25, -0.2) is 14.7 Å². The van der Waals surface area contributed by atoms with Crippen molar-refractivity contribution in [3.63, 3.8) is 0 Å². The van der Waals surface area contributed by atoms with E-state index in [-0.39, 0.29) is 37.2 Å². The molecule has 1 aromatic heterocycles. The molecule has 1 aromatic carbocycles. The monoisotopic (exact) mass is 561 g/mol. The molecule has 40 heavy (non-hydrogen) atoms. The van der Waals surface area contributed by atoms with Crippen LogP contribution < -0.4 is 21.4 Å². The fraction of sp³-hybridized carbons (Fsp3) is 0.571. The van der Waals surface area contributed by atoms with Crippen LogP contribution in [-0.2, 0) is 25.5 Å². The lowest BCUT2D eigenvalue weighted by atomic mass is 9.81. The number of ether oxygens (including phenoxy) is 1. The third-order valence-corrected chi connectivity index (χ3v) is 7.13. The molecule has 3 rings (SSSR count). The van der Waals surface area contributed by atoms with E-state index in [9.17, 15) is 28.8 Å². The molecule has 0 unspecified atom stereocenters. The van der Waals surface area contributed by atoms with Gasteiger partial charge in [0.15, 0.2) is 0 Å². The van der Waals surface area contributed by atoms with Crippen molar-refractivity contribution in [2.45, 2.75) is 64.8 Å². The maximum atomic E-state index is 13.7. The van der Waals surface area contributed by atoms with E-state index in [1.807, 2.05) is 13.8 Å². The number of H-pyrrole nitrogens is 1. The molecule has 0 spiro atoms. The molecule has 1 aliphatic heterocycles. The molecule has 6 N–H and O–H groups in total. The van der Waals surface area contributed by atoms with E-state index in [4.69, 9.17) is 4.74 Å². The summed E-state index contributed by atoms with van der Waals surface area (Å²) in [4.78, 5) is 54.4. The molecule has 3 atom stereocenters. The van der Waals surface area contributed by atoms with Gasteiger partial charge in [-0.15, -0.1) is 0 Å². The van der Waals surface area contributed by atoms with Gasteiger partial charge >= 0.3 is 6.09 Å². The minimum absolute atomic E-state index is 0.0575. The van der Waals surface area contributed by atoms with Crippen molar-refractivity contribution in [1.82, 2.24) is 26.4 Å². The molecule has 220 valence electrons. The Labute approximate surface area is 232 Å². The lowest BCUT2D eigenvalue weighted by Crippen LogP contribution is -2.51. The molecule has 4 amide bonds. The fourth-order valence-electron chi connectivity index (χ4n) is 5.09. The summed E-state index contributed by atoms with van der Waals surface area (Å²) in [7, 11) is 0. The molecule has 12 heteroatoms. The summed E-state index contributed by atoms with van der Waals surface area (Å²) in [6.45, 7) is 4.53. The number of cyclic esters (lactones) is 1. The predicted molar refractivity (Wildman–Crippen MR) is 146 cm³/mol. The van der Waals surface area contributed by atoms with E-state index in [1.54, 1.807) is 17.7 Å². The Bertz CT molecular complexity index is 1170. The van der Waals surface area contributed by atoms with Crippen LogP contribution in [0, 0.1) is 23.6 Å². The number of alkyl carbamates (subject to hydrolysis) is 1. The average Bonchev–Trinajstić information content (AvgIpc) is 3.31. The highest BCUT2D eigenvalue weighted by molar-refractivity contribution is 5.91. The number of carbonyl (C=O) groups is 4. The van der Waals surface area contributed by atoms with Crippen LogP contribution in [0.1, 0.15) is 57.9 Å². The van der Waals surface area contributed by atoms with E-state index in [2.05, 4.69) is 20.9 Å². The largest absolute Gasteiger partial charge is 0.450 e. The number of rotatable bonds is 7. The molecule has 0 radical (unpaired) electrons. The second-order valence-corrected chi connectivity index (χ2v) is 10.6. The van der Waals surface area contributed by atoms with Gasteiger partial charge in [-0.3, -0.25) is 19.6 Å². The SMILES string of the molecule is CC(C)C[C@H]1C(=O)N[C@H](C(=O)NCCc2c[nH]c3ccc(F)cc23)CCCCNC(=O)OCCC[C@@H]1C(=O)NO. The Hall–Kier alpha value is -3.67. The zero-order valence-electron chi connectivity index (χ0n) is 23.1. The molecule has 0 bridgehead atoms. The van der Waals surface area contributed by atoms with Crippen LogP contribution in [0.4, 0.5) is 9.18 Å². The van der Waals surface area contributed by atoms with Crippen molar-refractivity contribution in [1.29, 1.82) is 0 Å². The van der Waals surface area contributed by atoms with Gasteiger partial charge in [-0.05, 0) is 74.6 Å². The number of nitrogens with one attached hydrogen (secondary N) is 5. The molecule has 1 fully saturated rings. The summed E-state index contributed by atoms with van der Waals surface area (Å²) in [5.74, 6) is -3.49. The summed E-state index contributed by atoms with van der Waals surface area (Å²) in [6, 6.07) is 3.62. The van der Waals surface area contributed by atoms with E-state index in [0.29, 0.717) is 45.1 Å². The van der Waals surface area contributed by atoms with Gasteiger partial charge in [0.05, 0.1) is 12.5 Å². The number of amides is 4. The van der Waals surface area contributed by atoms with Crippen LogP contribution in [-0.4, -0.2) is 59.7 Å². The zero-order chi connectivity index (χ0) is 29.1. The lowest BCUT2D eigenvalue weighted by Gasteiger charge is -2.28. The van der Waals surface area contributed by atoms with Crippen molar-refractivity contribution in [3.05, 3.63) is 35.8 Å². The van der Waals surface area contributed by atoms with E-state index in [0.717, 1.165) is 16.5 Å². The van der Waals surface area contributed by atoms with Crippen LogP contribution >= 0.6 is 0 Å². The molecule has 2 aromatic rings. The molecule has 0 aliphatic carbocycles. The summed E-state index contributed by atoms with van der Waals surface area (Å²) in [5, 5.41) is 18.5. The number of benzene rings is 1. The topological polar surface area (TPSA) is 162 Å². The maximum Gasteiger partial charge on any atom is 0.407 e. The van der Waals surface area contributed by atoms with E-state index < -0.39 is 35.8 Å². The van der Waals surface area contributed by atoms with Crippen LogP contribution in [0.5, 0.6) is 0 Å². The fourth-order valence-corrected chi connectivity index (χ4v) is 5.09. The maximum absolute atomic E-state index is 13.7. The molecule has 1 saturated heterocycles. The Kier molecular flexibility index (Phi) is 11.7. The minimum Gasteiger partial charge on any atom is -0.450 e. The first-order valence-corrected chi connectivity index (χ1v) is 13.9. The number of aromatic nitrogens is 1. The highest BCUT2D eigenvalue weighted by Gasteiger charge is 2.35. The highest BCUT2D eigenvalue weighted by atomic mass is 19.1. The Morgan fingerprint density at radius 3 is 2.70 bits per heavy atom. The number of hydrogen-bond acceptors (Lipinski definition) is 6. The highest BCUT2D eigenvalue weighted by Crippen LogP contribution is 2.26. The number of halogens is 1. The molecule has 2 heterocycles. The quantitative estimate of drug-likeness (QED) is 0.225. The van der Waals surface area contributed by atoms with Crippen molar-refractivity contribution in [3.8, 4) is 0 Å². The standard InChI is InChI=1S/C28H40FN5O6/c1-17(2)14-22-20(26(36)34-39)6-5-13-40-28(38)31-11-4-3-7-24(33-25(22)35)27(37)30-12-10-18-16-32-23-9-8-19(29)15-21(18)23/h8-9,15-17,20,22,24,32,39H,3-7,10-14H2,1-2H3,(H,30,37)(H,31,38)(H,33,35)(H,34,36)/t20-,22+,24-/m0/s1. The van der Waals surface area contributed by atoms with Crippen molar-refractivity contribution in [2.24, 2.45) is 17.8 Å². The van der Waals surface area contributed by atoms with Gasteiger partial charge < -0.3 is 25.7 Å². The summed E-state index contributed by atoms with van der Waals surface area (Å²) < 4.78 is 18.9. The molecular weight excluding hydrogens is 521 g/mol. The number of hydrogen-bond donors (Lipinski definition) is 6. The number of fused-ring (bicyclic) bond motifs is 1. The second kappa shape index (κ2) is 15.2. The normalized spacial score (nSPS) is 21.5. The predicted octanol–water partition coefficient (Wildman–Crippen LogP) is 2.92. The molecular formula is C28H40FN5O6. The first-order valence-electron chi connectivity index (χ1n) is 13.9. The van der Waals surface area contributed by atoms with Crippen molar-refractivity contribution >= 4 is 34.7 Å². The molecule has 1 aliphatic rings. The Morgan fingerprint density at radius 1 is 1.15 bits per heavy atom. The lowest BCUT2D eigenvalue weighted by molar-refractivity contribution is -0.142. The van der Waals surface area contributed by atoms with Gasteiger partial charge in [0, 0.05) is 36.1 Å². The number of carbonyl (C=O) groups excluding carboxylic acids is 4. The van der Waals surface area contributed by atoms with Crippen LogP contribution in [0.2, 0.25) is 0 Å². The zero-order valence-corrected chi connectivity index (χ0v) is 23.1. The smallest absolute Gasteiger partial charge is 0.407 e. The summed E-state index contributed by atoms with van der Waals surface area (Å²) in [6.07, 6.45) is 3.96. The van der Waals surface area contributed by atoms with Gasteiger partial charge in [0.25, 0.3) is 0 Å². The third-order valence-electron chi connectivity index (χ3n) is 7.13. The van der Waals surface area contributed by atoms with E-state index >= 15 is 0 Å². The number of hydroxylamine groups is 1. The Morgan fingerprint density at radius 2 is 1.95 bits per heavy atom. The van der Waals surface area contributed by atoms with Gasteiger partial charge in [0.1, 0.15) is 11.9 Å². The van der Waals surface area contributed by atoms with E-state index in [1.165, 1.54) is 12.1 Å². The van der Waals surface area contributed by atoms with Crippen molar-refractivity contribution < 1.29 is 33.5 Å². The minimum atomic E-state index is -0.879. The number of aromatic amines is 1. The van der Waals surface area contributed by atoms with Gasteiger partial charge in [0.2, 0.25) is 17.7 Å². The summed E-state index contributed by atoms with van der Waals surface area (Å²) in [5.41, 5.74) is 3.31. The third kappa shape index (κ3) is 8.94. The molecule has 0 saturated carbocycles. The van der Waals surface area contributed by atoms with Crippen LogP contribution in [0.25, 0.3) is 10.9 Å². The first kappa shape index (κ1) is 30.9. The Balaban J connectivity index is 1.74. The second-order valence-electron chi connectivity index (χ2n) is 10.6. The summed E-state index contributed by atoms with van der Waals surface area (Å²) >= 11 is 0. The van der Waals surface area contributed by atoms with Crippen molar-refractivity contribution in [2.75, 3.05) is 19.7 Å². The van der Waals surface area contributed by atoms with Gasteiger partial charge in [-0.1, -0.05) is 13.8 Å². The average molecular weight is 562 g/mol. The van der Waals surface area contributed by atoms with Crippen LogP contribution in [0.15, 0.2) is 24.4 Å². The first-order chi connectivity index (χ1) is 19.2.